The van der Waals surface area contributed by atoms with Gasteiger partial charge in [-0.15, -0.1) is 11.3 Å². The monoisotopic (exact) mass is 407 g/mol. The van der Waals surface area contributed by atoms with Crippen LogP contribution in [-0.4, -0.2) is 54.7 Å². The van der Waals surface area contributed by atoms with Crippen LogP contribution >= 0.6 is 11.3 Å². The van der Waals surface area contributed by atoms with Crippen molar-refractivity contribution < 1.29 is 13.2 Å². The molecule has 0 radical (unpaired) electrons. The summed E-state index contributed by atoms with van der Waals surface area (Å²) in [4.78, 5) is 19.3. The fourth-order valence-electron chi connectivity index (χ4n) is 3.14. The summed E-state index contributed by atoms with van der Waals surface area (Å²) in [6, 6.07) is 7.17. The van der Waals surface area contributed by atoms with Crippen LogP contribution in [0.25, 0.3) is 0 Å². The SMILES string of the molecule is CCC(C)c1ccc(S(=O)(=O)N2CCN(C(=O)c3scnc3C)CC2)cc1. The summed E-state index contributed by atoms with van der Waals surface area (Å²) in [5, 5.41) is 0. The van der Waals surface area contributed by atoms with Gasteiger partial charge in [-0.1, -0.05) is 26.0 Å². The molecule has 1 aromatic carbocycles. The minimum absolute atomic E-state index is 0.0649. The third kappa shape index (κ3) is 4.07. The van der Waals surface area contributed by atoms with Gasteiger partial charge in [-0.25, -0.2) is 13.4 Å². The summed E-state index contributed by atoms with van der Waals surface area (Å²) in [5.41, 5.74) is 3.53. The Kier molecular flexibility index (Phi) is 5.98. The highest BCUT2D eigenvalue weighted by molar-refractivity contribution is 7.89. The first-order chi connectivity index (χ1) is 12.8. The van der Waals surface area contributed by atoms with Crippen molar-refractivity contribution in [3.63, 3.8) is 0 Å². The number of carbonyl (C=O) groups is 1. The predicted molar refractivity (Wildman–Crippen MR) is 107 cm³/mol. The average molecular weight is 408 g/mol. The van der Waals surface area contributed by atoms with Gasteiger partial charge in [-0.2, -0.15) is 4.31 Å². The van der Waals surface area contributed by atoms with Crippen LogP contribution in [0, 0.1) is 6.92 Å². The highest BCUT2D eigenvalue weighted by Crippen LogP contribution is 2.24. The van der Waals surface area contributed by atoms with E-state index in [2.05, 4.69) is 18.8 Å². The fourth-order valence-corrected chi connectivity index (χ4v) is 5.33. The lowest BCUT2D eigenvalue weighted by Crippen LogP contribution is -2.50. The summed E-state index contributed by atoms with van der Waals surface area (Å²) in [6.45, 7) is 7.45. The van der Waals surface area contributed by atoms with Gasteiger partial charge in [0.15, 0.2) is 0 Å². The van der Waals surface area contributed by atoms with Crippen molar-refractivity contribution in [1.29, 1.82) is 0 Å². The van der Waals surface area contributed by atoms with Crippen LogP contribution < -0.4 is 0 Å². The van der Waals surface area contributed by atoms with Crippen molar-refractivity contribution in [3.05, 3.63) is 45.9 Å². The van der Waals surface area contributed by atoms with Crippen LogP contribution in [-0.2, 0) is 10.0 Å². The Labute approximate surface area is 164 Å². The molecule has 27 heavy (non-hydrogen) atoms. The predicted octanol–water partition coefficient (Wildman–Crippen LogP) is 3.11. The van der Waals surface area contributed by atoms with Crippen LogP contribution in [0.5, 0.6) is 0 Å². The molecular weight excluding hydrogens is 382 g/mol. The van der Waals surface area contributed by atoms with Gasteiger partial charge in [0, 0.05) is 26.2 Å². The number of thiazole rings is 1. The second-order valence-electron chi connectivity index (χ2n) is 6.84. The van der Waals surface area contributed by atoms with E-state index in [0.717, 1.165) is 17.7 Å². The number of sulfonamides is 1. The van der Waals surface area contributed by atoms with Gasteiger partial charge >= 0.3 is 0 Å². The highest BCUT2D eigenvalue weighted by Gasteiger charge is 2.31. The first kappa shape index (κ1) is 20.0. The molecule has 1 amide bonds. The number of piperazine rings is 1. The van der Waals surface area contributed by atoms with Crippen molar-refractivity contribution in [2.75, 3.05) is 26.2 Å². The van der Waals surface area contributed by atoms with Gasteiger partial charge in [0.1, 0.15) is 4.88 Å². The molecule has 6 nitrogen and oxygen atoms in total. The maximum atomic E-state index is 12.9. The summed E-state index contributed by atoms with van der Waals surface area (Å²) < 4.78 is 27.3. The fraction of sp³-hybridized carbons (Fsp3) is 0.474. The molecule has 1 atom stereocenters. The zero-order valence-electron chi connectivity index (χ0n) is 15.9. The third-order valence-corrected chi connectivity index (χ3v) is 7.99. The van der Waals surface area contributed by atoms with E-state index in [9.17, 15) is 13.2 Å². The number of amides is 1. The van der Waals surface area contributed by atoms with Gasteiger partial charge in [0.2, 0.25) is 10.0 Å². The molecule has 2 heterocycles. The molecule has 3 rings (SSSR count). The van der Waals surface area contributed by atoms with Gasteiger partial charge in [0.25, 0.3) is 5.91 Å². The molecule has 0 spiro atoms. The lowest BCUT2D eigenvalue weighted by atomic mass is 9.99. The molecule has 0 N–H and O–H groups in total. The molecular formula is C19H25N3O3S2. The van der Waals surface area contributed by atoms with Crippen LogP contribution in [0.3, 0.4) is 0 Å². The Bertz CT molecular complexity index is 899. The standard InChI is InChI=1S/C19H25N3O3S2/c1-4-14(2)16-5-7-17(8-6-16)27(24,25)22-11-9-21(10-12-22)19(23)18-15(3)20-13-26-18/h5-8,13-14H,4,9-12H2,1-3H3. The zero-order chi connectivity index (χ0) is 19.6. The largest absolute Gasteiger partial charge is 0.335 e. The van der Waals surface area contributed by atoms with E-state index in [1.165, 1.54) is 15.6 Å². The number of carbonyl (C=O) groups excluding carboxylic acids is 1. The first-order valence-electron chi connectivity index (χ1n) is 9.14. The summed E-state index contributed by atoms with van der Waals surface area (Å²) in [7, 11) is -3.54. The van der Waals surface area contributed by atoms with Gasteiger partial charge in [-0.3, -0.25) is 4.79 Å². The maximum absolute atomic E-state index is 12.9. The number of rotatable bonds is 5. The Morgan fingerprint density at radius 3 is 2.33 bits per heavy atom. The van der Waals surface area contributed by atoms with E-state index in [4.69, 9.17) is 0 Å². The number of aromatic nitrogens is 1. The lowest BCUT2D eigenvalue weighted by Gasteiger charge is -2.33. The van der Waals surface area contributed by atoms with Crippen molar-refractivity contribution in [2.24, 2.45) is 0 Å². The molecule has 0 saturated carbocycles. The number of nitrogens with zero attached hydrogens (tertiary/aromatic N) is 3. The van der Waals surface area contributed by atoms with E-state index in [0.29, 0.717) is 41.9 Å². The van der Waals surface area contributed by atoms with Crippen molar-refractivity contribution in [2.45, 2.75) is 38.0 Å². The van der Waals surface area contributed by atoms with E-state index in [1.54, 1.807) is 22.5 Å². The summed E-state index contributed by atoms with van der Waals surface area (Å²) >= 11 is 1.33. The summed E-state index contributed by atoms with van der Waals surface area (Å²) in [5.74, 6) is 0.344. The van der Waals surface area contributed by atoms with Crippen molar-refractivity contribution >= 4 is 27.3 Å². The highest BCUT2D eigenvalue weighted by atomic mass is 32.2. The average Bonchev–Trinajstić information content (AvgIpc) is 3.13. The molecule has 0 bridgehead atoms. The number of hydrogen-bond donors (Lipinski definition) is 0. The molecule has 1 aliphatic rings. The van der Waals surface area contributed by atoms with Crippen molar-refractivity contribution in [3.8, 4) is 0 Å². The third-order valence-electron chi connectivity index (χ3n) is 5.16. The number of hydrogen-bond acceptors (Lipinski definition) is 5. The van der Waals surface area contributed by atoms with Crippen LogP contribution in [0.2, 0.25) is 0 Å². The van der Waals surface area contributed by atoms with Crippen LogP contribution in [0.1, 0.15) is 47.1 Å². The molecule has 1 unspecified atom stereocenters. The minimum atomic E-state index is -3.54. The van der Waals surface area contributed by atoms with Crippen LogP contribution in [0.15, 0.2) is 34.7 Å². The van der Waals surface area contributed by atoms with E-state index in [1.807, 2.05) is 19.1 Å². The Morgan fingerprint density at radius 2 is 1.81 bits per heavy atom. The second kappa shape index (κ2) is 8.08. The molecule has 1 aliphatic heterocycles. The van der Waals surface area contributed by atoms with Crippen LogP contribution in [0.4, 0.5) is 0 Å². The van der Waals surface area contributed by atoms with E-state index < -0.39 is 10.0 Å². The topological polar surface area (TPSA) is 70.6 Å². The van der Waals surface area contributed by atoms with Gasteiger partial charge in [-0.05, 0) is 37.0 Å². The normalized spacial score (nSPS) is 17.1. The summed E-state index contributed by atoms with van der Waals surface area (Å²) in [6.07, 6.45) is 1.02. The van der Waals surface area contributed by atoms with Gasteiger partial charge < -0.3 is 4.90 Å². The van der Waals surface area contributed by atoms with Gasteiger partial charge in [0.05, 0.1) is 16.1 Å². The van der Waals surface area contributed by atoms with E-state index >= 15 is 0 Å². The Balaban J connectivity index is 1.68. The Hall–Kier alpha value is -1.77. The smallest absolute Gasteiger partial charge is 0.265 e. The second-order valence-corrected chi connectivity index (χ2v) is 9.63. The number of benzene rings is 1. The molecule has 0 aliphatic carbocycles. The number of aryl methyl sites for hydroxylation is 1. The van der Waals surface area contributed by atoms with E-state index in [-0.39, 0.29) is 5.91 Å². The Morgan fingerprint density at radius 1 is 1.19 bits per heavy atom. The quantitative estimate of drug-likeness (QED) is 0.764. The maximum Gasteiger partial charge on any atom is 0.265 e. The molecule has 1 fully saturated rings. The lowest BCUT2D eigenvalue weighted by molar-refractivity contribution is 0.0702. The molecule has 1 aromatic heterocycles. The first-order valence-corrected chi connectivity index (χ1v) is 11.5. The molecule has 1 saturated heterocycles. The molecule has 146 valence electrons. The van der Waals surface area contributed by atoms with Crippen molar-refractivity contribution in [1.82, 2.24) is 14.2 Å². The zero-order valence-corrected chi connectivity index (χ0v) is 17.5. The molecule has 2 aromatic rings. The molecule has 8 heteroatoms. The minimum Gasteiger partial charge on any atom is -0.335 e.